The van der Waals surface area contributed by atoms with E-state index < -0.39 is 36.9 Å². The third-order valence-corrected chi connectivity index (χ3v) is 2.89. The molecule has 0 aromatic carbocycles. The van der Waals surface area contributed by atoms with Crippen LogP contribution in [0.2, 0.25) is 0 Å². The van der Waals surface area contributed by atoms with Crippen molar-refractivity contribution in [3.8, 4) is 17.3 Å². The SMILES string of the molecule is CN(C(=O)O)c1cc(-c2cnc(C(F)(F)F)nc2)nc(OCC(F)(F)F)n1. The molecule has 0 saturated carbocycles. The quantitative estimate of drug-likeness (QED) is 0.792. The summed E-state index contributed by atoms with van der Waals surface area (Å²) in [6.07, 6.45) is -9.53. The Hall–Kier alpha value is -3.19. The molecule has 8 nitrogen and oxygen atoms in total. The van der Waals surface area contributed by atoms with Gasteiger partial charge in [-0.2, -0.15) is 36.3 Å². The lowest BCUT2D eigenvalue weighted by Gasteiger charge is -2.15. The molecule has 0 spiro atoms. The van der Waals surface area contributed by atoms with Crippen LogP contribution in [0.25, 0.3) is 11.3 Å². The maximum absolute atomic E-state index is 12.5. The smallest absolute Gasteiger partial charge is 0.451 e. The summed E-state index contributed by atoms with van der Waals surface area (Å²) in [5.74, 6) is -1.80. The first-order valence-electron chi connectivity index (χ1n) is 6.82. The van der Waals surface area contributed by atoms with E-state index >= 15 is 0 Å². The molecule has 0 fully saturated rings. The van der Waals surface area contributed by atoms with Crippen LogP contribution in [0, 0.1) is 0 Å². The van der Waals surface area contributed by atoms with Gasteiger partial charge in [-0.3, -0.25) is 4.90 Å². The Balaban J connectivity index is 2.44. The maximum atomic E-state index is 12.5. The predicted molar refractivity (Wildman–Crippen MR) is 76.0 cm³/mol. The van der Waals surface area contributed by atoms with E-state index in [0.717, 1.165) is 25.5 Å². The molecule has 0 aliphatic carbocycles. The fourth-order valence-corrected chi connectivity index (χ4v) is 1.65. The van der Waals surface area contributed by atoms with E-state index in [9.17, 15) is 31.1 Å². The van der Waals surface area contributed by atoms with E-state index in [2.05, 4.69) is 24.7 Å². The molecule has 0 aliphatic heterocycles. The largest absolute Gasteiger partial charge is 0.465 e. The molecule has 0 unspecified atom stereocenters. The standard InChI is InChI=1S/C13H9F6N5O3/c1-24(11(25)26)8-2-7(22-10(23-8)27-5-12(14,15)16)6-3-20-9(21-4-6)13(17,18)19/h2-4H,5H2,1H3,(H,25,26). The summed E-state index contributed by atoms with van der Waals surface area (Å²) in [4.78, 5) is 24.9. The van der Waals surface area contributed by atoms with Gasteiger partial charge in [0, 0.05) is 31.1 Å². The minimum atomic E-state index is -4.79. The molecular weight excluding hydrogens is 388 g/mol. The molecule has 0 radical (unpaired) electrons. The number of hydrogen-bond donors (Lipinski definition) is 1. The number of hydrogen-bond acceptors (Lipinski definition) is 6. The van der Waals surface area contributed by atoms with Gasteiger partial charge in [0.25, 0.3) is 0 Å². The summed E-state index contributed by atoms with van der Waals surface area (Å²) >= 11 is 0. The summed E-state index contributed by atoms with van der Waals surface area (Å²) < 4.78 is 78.8. The van der Waals surface area contributed by atoms with Crippen molar-refractivity contribution in [3.63, 3.8) is 0 Å². The number of carbonyl (C=O) groups is 1. The number of rotatable bonds is 4. The second-order valence-corrected chi connectivity index (χ2v) is 4.93. The van der Waals surface area contributed by atoms with Crippen LogP contribution in [0.15, 0.2) is 18.5 Å². The Morgan fingerprint density at radius 2 is 1.74 bits per heavy atom. The second-order valence-electron chi connectivity index (χ2n) is 4.93. The van der Waals surface area contributed by atoms with Gasteiger partial charge in [0.05, 0.1) is 5.69 Å². The van der Waals surface area contributed by atoms with Gasteiger partial charge < -0.3 is 9.84 Å². The van der Waals surface area contributed by atoms with Gasteiger partial charge in [-0.15, -0.1) is 0 Å². The van der Waals surface area contributed by atoms with Crippen LogP contribution >= 0.6 is 0 Å². The first kappa shape index (κ1) is 20.1. The van der Waals surface area contributed by atoms with Crippen molar-refractivity contribution in [2.75, 3.05) is 18.6 Å². The second kappa shape index (κ2) is 7.20. The molecule has 2 rings (SSSR count). The number of alkyl halides is 6. The van der Waals surface area contributed by atoms with Crippen LogP contribution < -0.4 is 9.64 Å². The fraction of sp³-hybridized carbons (Fsp3) is 0.308. The molecular formula is C13H9F6N5O3. The van der Waals surface area contributed by atoms with E-state index in [0.29, 0.717) is 4.90 Å². The predicted octanol–water partition coefficient (Wildman–Crippen LogP) is 3.01. The Morgan fingerprint density at radius 1 is 1.15 bits per heavy atom. The lowest BCUT2D eigenvalue weighted by atomic mass is 10.2. The average Bonchev–Trinajstić information content (AvgIpc) is 2.57. The zero-order chi connectivity index (χ0) is 20.4. The van der Waals surface area contributed by atoms with Gasteiger partial charge in [0.2, 0.25) is 5.82 Å². The number of halogens is 6. The summed E-state index contributed by atoms with van der Waals surface area (Å²) in [6, 6.07) is 0.188. The van der Waals surface area contributed by atoms with Crippen LogP contribution in [-0.4, -0.2) is 51.0 Å². The van der Waals surface area contributed by atoms with Crippen LogP contribution in [0.4, 0.5) is 37.0 Å². The number of carboxylic acid groups (broad SMARTS) is 1. The van der Waals surface area contributed by atoms with Crippen molar-refractivity contribution < 1.29 is 41.0 Å². The van der Waals surface area contributed by atoms with Crippen LogP contribution in [0.5, 0.6) is 6.01 Å². The molecule has 0 atom stereocenters. The highest BCUT2D eigenvalue weighted by Crippen LogP contribution is 2.28. The molecule has 14 heteroatoms. The average molecular weight is 397 g/mol. The van der Waals surface area contributed by atoms with E-state index in [1.54, 1.807) is 0 Å². The molecule has 2 aromatic rings. The molecule has 0 bridgehead atoms. The normalized spacial score (nSPS) is 12.0. The van der Waals surface area contributed by atoms with Crippen molar-refractivity contribution in [1.29, 1.82) is 0 Å². The van der Waals surface area contributed by atoms with Gasteiger partial charge >= 0.3 is 24.5 Å². The highest BCUT2D eigenvalue weighted by atomic mass is 19.4. The highest BCUT2D eigenvalue weighted by molar-refractivity contribution is 5.84. The van der Waals surface area contributed by atoms with E-state index in [1.165, 1.54) is 0 Å². The Bertz CT molecular complexity index is 825. The van der Waals surface area contributed by atoms with Crippen molar-refractivity contribution in [2.24, 2.45) is 0 Å². The monoisotopic (exact) mass is 397 g/mol. The van der Waals surface area contributed by atoms with Crippen molar-refractivity contribution >= 4 is 11.9 Å². The van der Waals surface area contributed by atoms with E-state index in [-0.39, 0.29) is 17.1 Å². The summed E-state index contributed by atoms with van der Waals surface area (Å²) in [7, 11) is 1.05. The fourth-order valence-electron chi connectivity index (χ4n) is 1.65. The van der Waals surface area contributed by atoms with E-state index in [1.807, 2.05) is 0 Å². The molecule has 146 valence electrons. The Morgan fingerprint density at radius 3 is 2.22 bits per heavy atom. The lowest BCUT2D eigenvalue weighted by molar-refractivity contribution is -0.154. The Kier molecular flexibility index (Phi) is 5.37. The van der Waals surface area contributed by atoms with Gasteiger partial charge in [0.1, 0.15) is 5.82 Å². The van der Waals surface area contributed by atoms with Crippen molar-refractivity contribution in [3.05, 3.63) is 24.3 Å². The number of anilines is 1. The molecule has 1 N–H and O–H groups in total. The molecule has 0 aliphatic rings. The Labute approximate surface area is 146 Å². The third kappa shape index (κ3) is 5.39. The molecule has 2 aromatic heterocycles. The molecule has 27 heavy (non-hydrogen) atoms. The minimum absolute atomic E-state index is 0.123. The first-order chi connectivity index (χ1) is 12.4. The number of ether oxygens (including phenoxy) is 1. The minimum Gasteiger partial charge on any atom is -0.465 e. The summed E-state index contributed by atoms with van der Waals surface area (Å²) in [5, 5.41) is 8.97. The molecule has 0 saturated heterocycles. The van der Waals surface area contributed by atoms with Crippen molar-refractivity contribution in [2.45, 2.75) is 12.4 Å². The zero-order valence-corrected chi connectivity index (χ0v) is 13.2. The topological polar surface area (TPSA) is 101 Å². The summed E-state index contributed by atoms with van der Waals surface area (Å²) in [5.41, 5.74) is -0.360. The lowest BCUT2D eigenvalue weighted by Crippen LogP contribution is -2.26. The first-order valence-corrected chi connectivity index (χ1v) is 6.82. The van der Waals surface area contributed by atoms with Gasteiger partial charge in [-0.25, -0.2) is 14.8 Å². The highest BCUT2D eigenvalue weighted by Gasteiger charge is 2.34. The number of amides is 1. The third-order valence-electron chi connectivity index (χ3n) is 2.89. The van der Waals surface area contributed by atoms with E-state index in [4.69, 9.17) is 5.11 Å². The number of nitrogens with zero attached hydrogens (tertiary/aromatic N) is 5. The van der Waals surface area contributed by atoms with Crippen LogP contribution in [0.1, 0.15) is 5.82 Å². The van der Waals surface area contributed by atoms with Crippen LogP contribution in [0.3, 0.4) is 0 Å². The molecule has 1 amide bonds. The summed E-state index contributed by atoms with van der Waals surface area (Å²) in [6.45, 7) is -1.75. The van der Waals surface area contributed by atoms with Crippen LogP contribution in [-0.2, 0) is 6.18 Å². The van der Waals surface area contributed by atoms with Gasteiger partial charge in [0.15, 0.2) is 6.61 Å². The van der Waals surface area contributed by atoms with Gasteiger partial charge in [-0.05, 0) is 0 Å². The number of aromatic nitrogens is 4. The maximum Gasteiger partial charge on any atom is 0.451 e. The van der Waals surface area contributed by atoms with Gasteiger partial charge in [-0.1, -0.05) is 0 Å². The zero-order valence-electron chi connectivity index (χ0n) is 13.2. The van der Waals surface area contributed by atoms with Crippen molar-refractivity contribution in [1.82, 2.24) is 19.9 Å². The molecule has 2 heterocycles.